The van der Waals surface area contributed by atoms with Gasteiger partial charge in [-0.3, -0.25) is 0 Å². The number of hydrogen-bond donors (Lipinski definition) is 1. The van der Waals surface area contributed by atoms with E-state index in [0.29, 0.717) is 5.56 Å². The summed E-state index contributed by atoms with van der Waals surface area (Å²) < 4.78 is 19.3. The molecular formula is C15H24FNO. The molecule has 0 heterocycles. The van der Waals surface area contributed by atoms with Crippen LogP contribution in [0.5, 0.6) is 0 Å². The molecule has 2 atom stereocenters. The summed E-state index contributed by atoms with van der Waals surface area (Å²) in [4.78, 5) is 0. The third-order valence-corrected chi connectivity index (χ3v) is 3.28. The molecule has 18 heavy (non-hydrogen) atoms. The second-order valence-corrected chi connectivity index (χ2v) is 5.80. The Bertz CT molecular complexity index is 398. The van der Waals surface area contributed by atoms with E-state index in [0.717, 1.165) is 5.56 Å². The molecule has 0 saturated heterocycles. The van der Waals surface area contributed by atoms with Crippen LogP contribution in [0, 0.1) is 18.2 Å². The number of ether oxygens (including phenoxy) is 1. The van der Waals surface area contributed by atoms with Gasteiger partial charge in [-0.05, 0) is 36.6 Å². The molecule has 0 spiro atoms. The van der Waals surface area contributed by atoms with Crippen molar-refractivity contribution in [2.75, 3.05) is 14.2 Å². The van der Waals surface area contributed by atoms with Crippen molar-refractivity contribution in [1.82, 2.24) is 5.32 Å². The zero-order valence-corrected chi connectivity index (χ0v) is 12.2. The largest absolute Gasteiger partial charge is 0.379 e. The van der Waals surface area contributed by atoms with E-state index >= 15 is 0 Å². The second-order valence-electron chi connectivity index (χ2n) is 5.80. The summed E-state index contributed by atoms with van der Waals surface area (Å²) >= 11 is 0. The first kappa shape index (κ1) is 15.1. The fraction of sp³-hybridized carbons (Fsp3) is 0.600. The Kier molecular flexibility index (Phi) is 4.88. The maximum atomic E-state index is 13.7. The fourth-order valence-electron chi connectivity index (χ4n) is 2.29. The molecule has 0 fully saturated rings. The summed E-state index contributed by atoms with van der Waals surface area (Å²) in [7, 11) is 3.57. The molecule has 1 N–H and O–H groups in total. The van der Waals surface area contributed by atoms with Crippen molar-refractivity contribution in [2.24, 2.45) is 5.41 Å². The van der Waals surface area contributed by atoms with E-state index in [1.54, 1.807) is 20.1 Å². The van der Waals surface area contributed by atoms with E-state index in [1.807, 2.05) is 19.2 Å². The number of benzene rings is 1. The Hall–Kier alpha value is -0.930. The van der Waals surface area contributed by atoms with Crippen molar-refractivity contribution in [1.29, 1.82) is 0 Å². The fourth-order valence-corrected chi connectivity index (χ4v) is 2.29. The summed E-state index contributed by atoms with van der Waals surface area (Å²) in [6, 6.07) is 5.33. The van der Waals surface area contributed by atoms with Crippen molar-refractivity contribution < 1.29 is 9.13 Å². The van der Waals surface area contributed by atoms with Gasteiger partial charge in [-0.25, -0.2) is 4.39 Å². The Labute approximate surface area is 110 Å². The van der Waals surface area contributed by atoms with Crippen molar-refractivity contribution in [3.05, 3.63) is 35.1 Å². The molecule has 102 valence electrons. The van der Waals surface area contributed by atoms with Gasteiger partial charge < -0.3 is 10.1 Å². The van der Waals surface area contributed by atoms with Crippen molar-refractivity contribution in [3.8, 4) is 0 Å². The zero-order valence-electron chi connectivity index (χ0n) is 12.2. The number of likely N-dealkylation sites (N-methyl/N-ethyl adjacent to an activating group) is 1. The van der Waals surface area contributed by atoms with Gasteiger partial charge in [0.1, 0.15) is 5.82 Å². The molecule has 0 aliphatic heterocycles. The van der Waals surface area contributed by atoms with E-state index < -0.39 is 0 Å². The smallest absolute Gasteiger partial charge is 0.126 e. The lowest BCUT2D eigenvalue weighted by molar-refractivity contribution is -0.0102. The molecule has 2 nitrogen and oxygen atoms in total. The maximum absolute atomic E-state index is 13.7. The highest BCUT2D eigenvalue weighted by atomic mass is 19.1. The first-order valence-corrected chi connectivity index (χ1v) is 6.27. The van der Waals surface area contributed by atoms with E-state index in [2.05, 4.69) is 26.1 Å². The molecule has 3 heteroatoms. The number of halogens is 1. The van der Waals surface area contributed by atoms with E-state index in [1.165, 1.54) is 0 Å². The Morgan fingerprint density at radius 1 is 1.28 bits per heavy atom. The normalized spacial score (nSPS) is 15.5. The van der Waals surface area contributed by atoms with E-state index in [-0.39, 0.29) is 23.4 Å². The monoisotopic (exact) mass is 253 g/mol. The Morgan fingerprint density at radius 3 is 2.28 bits per heavy atom. The van der Waals surface area contributed by atoms with Crippen LogP contribution < -0.4 is 5.32 Å². The number of nitrogens with one attached hydrogen (secondary N) is 1. The summed E-state index contributed by atoms with van der Waals surface area (Å²) in [5.74, 6) is -0.170. The van der Waals surface area contributed by atoms with Gasteiger partial charge in [0, 0.05) is 7.11 Å². The third kappa shape index (κ3) is 3.30. The summed E-state index contributed by atoms with van der Waals surface area (Å²) in [6.45, 7) is 8.13. The van der Waals surface area contributed by atoms with Gasteiger partial charge in [0.15, 0.2) is 0 Å². The molecule has 1 aromatic rings. The minimum Gasteiger partial charge on any atom is -0.379 e. The first-order valence-electron chi connectivity index (χ1n) is 6.27. The predicted molar refractivity (Wildman–Crippen MR) is 73.2 cm³/mol. The Balaban J connectivity index is 3.12. The van der Waals surface area contributed by atoms with Crippen LogP contribution in [-0.4, -0.2) is 20.3 Å². The average Bonchev–Trinajstić information content (AvgIpc) is 2.28. The van der Waals surface area contributed by atoms with Crippen LogP contribution >= 0.6 is 0 Å². The van der Waals surface area contributed by atoms with Gasteiger partial charge in [-0.15, -0.1) is 0 Å². The van der Waals surface area contributed by atoms with E-state index in [4.69, 9.17) is 4.74 Å². The molecule has 0 amide bonds. The molecule has 1 aromatic carbocycles. The minimum atomic E-state index is -0.170. The summed E-state index contributed by atoms with van der Waals surface area (Å²) in [6.07, 6.45) is -0.0235. The molecule has 1 rings (SSSR count). The van der Waals surface area contributed by atoms with Gasteiger partial charge in [0.2, 0.25) is 0 Å². The Morgan fingerprint density at radius 2 is 1.89 bits per heavy atom. The van der Waals surface area contributed by atoms with Crippen LogP contribution in [0.15, 0.2) is 18.2 Å². The lowest BCUT2D eigenvalue weighted by Gasteiger charge is -2.36. The van der Waals surface area contributed by atoms with Crippen LogP contribution in [0.1, 0.15) is 37.9 Å². The molecule has 0 aromatic heterocycles. The summed E-state index contributed by atoms with van der Waals surface area (Å²) in [5.41, 5.74) is 1.56. The van der Waals surface area contributed by atoms with Gasteiger partial charge in [-0.2, -0.15) is 0 Å². The van der Waals surface area contributed by atoms with Crippen LogP contribution in [-0.2, 0) is 4.74 Å². The standard InChI is InChI=1S/C15H24FNO/c1-10-7-8-11(9-12(10)16)13(17-5)14(18-6)15(2,3)4/h7-9,13-14,17H,1-6H3. The molecule has 0 saturated carbocycles. The van der Waals surface area contributed by atoms with Gasteiger partial charge in [0.05, 0.1) is 12.1 Å². The van der Waals surface area contributed by atoms with Crippen LogP contribution in [0.4, 0.5) is 4.39 Å². The quantitative estimate of drug-likeness (QED) is 0.887. The molecule has 0 bridgehead atoms. The third-order valence-electron chi connectivity index (χ3n) is 3.28. The van der Waals surface area contributed by atoms with Gasteiger partial charge in [0.25, 0.3) is 0 Å². The van der Waals surface area contributed by atoms with Crippen LogP contribution in [0.3, 0.4) is 0 Å². The topological polar surface area (TPSA) is 21.3 Å². The number of rotatable bonds is 4. The predicted octanol–water partition coefficient (Wildman–Crippen LogP) is 3.46. The average molecular weight is 253 g/mol. The highest BCUT2D eigenvalue weighted by Gasteiger charge is 2.32. The SMILES string of the molecule is CNC(c1ccc(C)c(F)c1)C(OC)C(C)(C)C. The first-order chi connectivity index (χ1) is 8.31. The molecule has 0 aliphatic rings. The molecule has 2 unspecified atom stereocenters. The highest BCUT2D eigenvalue weighted by molar-refractivity contribution is 5.27. The van der Waals surface area contributed by atoms with Gasteiger partial charge >= 0.3 is 0 Å². The molecule has 0 aliphatic carbocycles. The van der Waals surface area contributed by atoms with Crippen LogP contribution in [0.2, 0.25) is 0 Å². The lowest BCUT2D eigenvalue weighted by Crippen LogP contribution is -2.40. The van der Waals surface area contributed by atoms with E-state index in [9.17, 15) is 4.39 Å². The summed E-state index contributed by atoms with van der Waals surface area (Å²) in [5, 5.41) is 3.23. The number of hydrogen-bond acceptors (Lipinski definition) is 2. The lowest BCUT2D eigenvalue weighted by atomic mass is 9.82. The zero-order chi connectivity index (χ0) is 13.9. The van der Waals surface area contributed by atoms with Gasteiger partial charge in [-0.1, -0.05) is 32.9 Å². The maximum Gasteiger partial charge on any atom is 0.126 e. The van der Waals surface area contributed by atoms with Crippen molar-refractivity contribution in [3.63, 3.8) is 0 Å². The minimum absolute atomic E-state index is 0.0231. The molecule has 0 radical (unpaired) electrons. The van der Waals surface area contributed by atoms with Crippen LogP contribution in [0.25, 0.3) is 0 Å². The number of methoxy groups -OCH3 is 1. The van der Waals surface area contributed by atoms with Crippen molar-refractivity contribution in [2.45, 2.75) is 39.8 Å². The molecular weight excluding hydrogens is 229 g/mol. The number of aryl methyl sites for hydroxylation is 1. The van der Waals surface area contributed by atoms with Crippen molar-refractivity contribution >= 4 is 0 Å². The highest BCUT2D eigenvalue weighted by Crippen LogP contribution is 2.32. The second kappa shape index (κ2) is 5.81.